The molecule has 0 saturated carbocycles. The monoisotopic (exact) mass is 839 g/mol. The van der Waals surface area contributed by atoms with Gasteiger partial charge in [0.25, 0.3) is 0 Å². The van der Waals surface area contributed by atoms with Crippen molar-refractivity contribution in [3.63, 3.8) is 0 Å². The molecule has 0 aromatic rings. The highest BCUT2D eigenvalue weighted by Gasteiger charge is 2.19. The topological polar surface area (TPSA) is 78.9 Å². The van der Waals surface area contributed by atoms with Gasteiger partial charge in [-0.15, -0.1) is 0 Å². The van der Waals surface area contributed by atoms with Gasteiger partial charge in [0.2, 0.25) is 0 Å². The highest BCUT2D eigenvalue weighted by molar-refractivity contribution is 5.71. The van der Waals surface area contributed by atoms with Crippen LogP contribution in [0.3, 0.4) is 0 Å². The molecule has 0 heterocycles. The summed E-state index contributed by atoms with van der Waals surface area (Å²) >= 11 is 0. The fourth-order valence-corrected chi connectivity index (χ4v) is 6.96. The van der Waals surface area contributed by atoms with E-state index in [1.54, 1.807) is 0 Å². The predicted molar refractivity (Wildman–Crippen MR) is 256 cm³/mol. The summed E-state index contributed by atoms with van der Waals surface area (Å²) in [4.78, 5) is 37.9. The molecule has 0 radical (unpaired) electrons. The lowest BCUT2D eigenvalue weighted by Gasteiger charge is -2.18. The normalized spacial score (nSPS) is 12.5. The molecule has 1 atom stereocenters. The Kier molecular flexibility index (Phi) is 46.4. The Hall–Kier alpha value is -2.89. The van der Waals surface area contributed by atoms with Gasteiger partial charge in [-0.25, -0.2) is 0 Å². The van der Waals surface area contributed by atoms with Gasteiger partial charge in [0.1, 0.15) is 13.2 Å². The summed E-state index contributed by atoms with van der Waals surface area (Å²) in [5.74, 6) is -0.924. The van der Waals surface area contributed by atoms with Gasteiger partial charge < -0.3 is 14.2 Å². The zero-order valence-corrected chi connectivity index (χ0v) is 39.5. The van der Waals surface area contributed by atoms with Crippen molar-refractivity contribution in [1.82, 2.24) is 0 Å². The molecule has 0 spiro atoms. The predicted octanol–water partition coefficient (Wildman–Crippen LogP) is 16.5. The van der Waals surface area contributed by atoms with E-state index >= 15 is 0 Å². The third-order valence-corrected chi connectivity index (χ3v) is 10.8. The first-order valence-electron chi connectivity index (χ1n) is 25.3. The molecule has 0 rings (SSSR count). The van der Waals surface area contributed by atoms with Gasteiger partial charge in [-0.05, 0) is 70.6 Å². The minimum absolute atomic E-state index is 0.0881. The molecule has 6 heteroatoms. The fraction of sp³-hybridized carbons (Fsp3) is 0.759. The van der Waals surface area contributed by atoms with Crippen LogP contribution < -0.4 is 0 Å². The van der Waals surface area contributed by atoms with Crippen molar-refractivity contribution in [2.75, 3.05) is 13.2 Å². The number of carbonyl (C=O) groups excluding carboxylic acids is 3. The molecular formula is C54H94O6. The minimum Gasteiger partial charge on any atom is -0.462 e. The van der Waals surface area contributed by atoms with Crippen LogP contribution in [0.15, 0.2) is 60.8 Å². The molecule has 6 nitrogen and oxygen atoms in total. The van der Waals surface area contributed by atoms with E-state index in [-0.39, 0.29) is 31.1 Å². The number of rotatable bonds is 45. The molecule has 0 saturated heterocycles. The van der Waals surface area contributed by atoms with Gasteiger partial charge in [-0.1, -0.05) is 216 Å². The smallest absolute Gasteiger partial charge is 0.306 e. The summed E-state index contributed by atoms with van der Waals surface area (Å²) in [6, 6.07) is 0. The van der Waals surface area contributed by atoms with Crippen LogP contribution >= 0.6 is 0 Å². The first-order chi connectivity index (χ1) is 29.5. The van der Waals surface area contributed by atoms with Crippen molar-refractivity contribution in [3.8, 4) is 0 Å². The largest absolute Gasteiger partial charge is 0.462 e. The lowest BCUT2D eigenvalue weighted by molar-refractivity contribution is -0.167. The molecule has 346 valence electrons. The van der Waals surface area contributed by atoms with Gasteiger partial charge in [-0.2, -0.15) is 0 Å². The van der Waals surface area contributed by atoms with Gasteiger partial charge in [0.15, 0.2) is 6.10 Å². The molecule has 0 N–H and O–H groups in total. The van der Waals surface area contributed by atoms with E-state index in [0.717, 1.165) is 96.3 Å². The van der Waals surface area contributed by atoms with Crippen LogP contribution in [0, 0.1) is 0 Å². The Morgan fingerprint density at radius 2 is 0.717 bits per heavy atom. The summed E-state index contributed by atoms with van der Waals surface area (Å²) in [6.45, 7) is 6.45. The number of hydrogen-bond donors (Lipinski definition) is 0. The number of allylic oxidation sites excluding steroid dienone is 10. The fourth-order valence-electron chi connectivity index (χ4n) is 6.96. The molecule has 0 aromatic carbocycles. The Morgan fingerprint density at radius 3 is 1.18 bits per heavy atom. The van der Waals surface area contributed by atoms with Crippen molar-refractivity contribution in [2.24, 2.45) is 0 Å². The SMILES string of the molecule is CC/C=C\C/C=C\C/C=C\CCCCCCCCC(=O)OCC(COC(=O)CCCCC/C=C\C=C/CCCC)OC(=O)CCCCCCCCCCCCCCCCC. The molecular weight excluding hydrogens is 745 g/mol. The van der Waals surface area contributed by atoms with Crippen LogP contribution in [0.4, 0.5) is 0 Å². The highest BCUT2D eigenvalue weighted by Crippen LogP contribution is 2.15. The molecule has 0 fully saturated rings. The van der Waals surface area contributed by atoms with Crippen LogP contribution in [0.1, 0.15) is 245 Å². The Labute approximate surface area is 370 Å². The summed E-state index contributed by atoms with van der Waals surface area (Å²) in [5.41, 5.74) is 0. The second-order valence-corrected chi connectivity index (χ2v) is 16.7. The molecule has 1 unspecified atom stereocenters. The van der Waals surface area contributed by atoms with Crippen LogP contribution in [-0.2, 0) is 28.6 Å². The van der Waals surface area contributed by atoms with E-state index in [1.807, 2.05) is 0 Å². The van der Waals surface area contributed by atoms with Crippen LogP contribution in [0.25, 0.3) is 0 Å². The molecule has 0 aromatic heterocycles. The molecule has 0 aliphatic rings. The summed E-state index contributed by atoms with van der Waals surface area (Å²) in [7, 11) is 0. The average molecular weight is 839 g/mol. The van der Waals surface area contributed by atoms with Gasteiger partial charge >= 0.3 is 17.9 Å². The van der Waals surface area contributed by atoms with Crippen molar-refractivity contribution < 1.29 is 28.6 Å². The summed E-state index contributed by atoms with van der Waals surface area (Å²) in [5, 5.41) is 0. The van der Waals surface area contributed by atoms with E-state index in [4.69, 9.17) is 14.2 Å². The number of hydrogen-bond acceptors (Lipinski definition) is 6. The summed E-state index contributed by atoms with van der Waals surface area (Å²) < 4.78 is 16.7. The number of ether oxygens (including phenoxy) is 3. The number of esters is 3. The van der Waals surface area contributed by atoms with Gasteiger partial charge in [-0.3, -0.25) is 14.4 Å². The third kappa shape index (κ3) is 46.2. The zero-order chi connectivity index (χ0) is 43.7. The maximum Gasteiger partial charge on any atom is 0.306 e. The van der Waals surface area contributed by atoms with E-state index < -0.39 is 6.10 Å². The lowest BCUT2D eigenvalue weighted by Crippen LogP contribution is -2.30. The minimum atomic E-state index is -0.787. The maximum absolute atomic E-state index is 12.8. The molecule has 0 aliphatic carbocycles. The van der Waals surface area contributed by atoms with E-state index in [9.17, 15) is 14.4 Å². The number of unbranched alkanes of at least 4 members (excludes halogenated alkanes) is 25. The molecule has 0 amide bonds. The first kappa shape index (κ1) is 57.1. The molecule has 0 aliphatic heterocycles. The van der Waals surface area contributed by atoms with E-state index in [2.05, 4.69) is 81.5 Å². The van der Waals surface area contributed by atoms with Crippen molar-refractivity contribution >= 4 is 17.9 Å². The molecule has 60 heavy (non-hydrogen) atoms. The van der Waals surface area contributed by atoms with Gasteiger partial charge in [0, 0.05) is 19.3 Å². The Morgan fingerprint density at radius 1 is 0.367 bits per heavy atom. The van der Waals surface area contributed by atoms with Crippen molar-refractivity contribution in [1.29, 1.82) is 0 Å². The average Bonchev–Trinajstić information content (AvgIpc) is 3.24. The van der Waals surface area contributed by atoms with Crippen LogP contribution in [0.5, 0.6) is 0 Å². The van der Waals surface area contributed by atoms with E-state index in [1.165, 1.54) is 109 Å². The van der Waals surface area contributed by atoms with E-state index in [0.29, 0.717) is 19.3 Å². The quantitative estimate of drug-likeness (QED) is 0.0200. The zero-order valence-electron chi connectivity index (χ0n) is 39.5. The second kappa shape index (κ2) is 48.8. The first-order valence-corrected chi connectivity index (χ1v) is 25.3. The maximum atomic E-state index is 12.8. The lowest BCUT2D eigenvalue weighted by atomic mass is 10.0. The second-order valence-electron chi connectivity index (χ2n) is 16.7. The molecule has 0 bridgehead atoms. The Bertz CT molecular complexity index is 1100. The van der Waals surface area contributed by atoms with Crippen molar-refractivity contribution in [3.05, 3.63) is 60.8 Å². The third-order valence-electron chi connectivity index (χ3n) is 10.8. The summed E-state index contributed by atoms with van der Waals surface area (Å²) in [6.07, 6.45) is 59.2. The highest BCUT2D eigenvalue weighted by atomic mass is 16.6. The number of carbonyl (C=O) groups is 3. The van der Waals surface area contributed by atoms with Crippen LogP contribution in [0.2, 0.25) is 0 Å². The Balaban J connectivity index is 4.40. The standard InChI is InChI=1S/C54H94O6/c1-4-7-10-13-16-19-22-24-26-28-29-32-35-38-41-44-47-53(56)59-50-51(49-58-52(55)46-43-40-37-34-31-21-18-15-12-9-6-3)60-54(57)48-45-42-39-36-33-30-27-25-23-20-17-14-11-8-5-2/h7,10,15-16,18-19,21,24,26,31,51H,4-6,8-9,11-14,17,20,22-23,25,27-30,32-50H2,1-3H3/b10-7-,18-15-,19-16-,26-24-,31-21-. The van der Waals surface area contributed by atoms with Crippen LogP contribution in [-0.4, -0.2) is 37.2 Å². The van der Waals surface area contributed by atoms with Crippen molar-refractivity contribution in [2.45, 2.75) is 252 Å². The van der Waals surface area contributed by atoms with Gasteiger partial charge in [0.05, 0.1) is 0 Å².